The second-order valence-electron chi connectivity index (χ2n) is 4.97. The first-order valence-electron chi connectivity index (χ1n) is 7.15. The van der Waals surface area contributed by atoms with E-state index in [1.54, 1.807) is 11.6 Å². The summed E-state index contributed by atoms with van der Waals surface area (Å²) in [7, 11) is 1.82. The molecule has 2 rings (SSSR count). The van der Waals surface area contributed by atoms with Crippen molar-refractivity contribution in [3.8, 4) is 5.75 Å². The molecule has 0 spiro atoms. The third kappa shape index (κ3) is 2.84. The second kappa shape index (κ2) is 6.11. The summed E-state index contributed by atoms with van der Waals surface area (Å²) in [4.78, 5) is 16.4. The van der Waals surface area contributed by atoms with Gasteiger partial charge in [-0.05, 0) is 27.2 Å². The molecule has 0 radical (unpaired) electrons. The molecular weight excluding hydrogens is 270 g/mol. The Morgan fingerprint density at radius 2 is 2.14 bits per heavy atom. The second-order valence-corrected chi connectivity index (χ2v) is 4.97. The van der Waals surface area contributed by atoms with Gasteiger partial charge in [0, 0.05) is 13.2 Å². The molecule has 6 nitrogen and oxygen atoms in total. The van der Waals surface area contributed by atoms with Crippen LogP contribution in [0.5, 0.6) is 5.75 Å². The number of hydrogen-bond donors (Lipinski definition) is 0. The molecule has 0 N–H and O–H groups in total. The Hall–Kier alpha value is -2.11. The molecule has 0 saturated carbocycles. The maximum absolute atomic E-state index is 12.1. The number of rotatable bonds is 5. The van der Waals surface area contributed by atoms with Crippen LogP contribution in [0, 0.1) is 6.92 Å². The van der Waals surface area contributed by atoms with Crippen LogP contribution < -0.4 is 4.74 Å². The molecule has 0 fully saturated rings. The molecule has 6 heteroatoms. The number of carbonyl (C=O) groups is 1. The Bertz CT molecular complexity index is 664. The summed E-state index contributed by atoms with van der Waals surface area (Å²) in [6, 6.07) is 0. The van der Waals surface area contributed by atoms with E-state index in [4.69, 9.17) is 9.47 Å². The van der Waals surface area contributed by atoms with Crippen LogP contribution in [0.4, 0.5) is 0 Å². The monoisotopic (exact) mass is 291 g/mol. The van der Waals surface area contributed by atoms with Gasteiger partial charge in [0.1, 0.15) is 11.3 Å². The molecule has 21 heavy (non-hydrogen) atoms. The summed E-state index contributed by atoms with van der Waals surface area (Å²) in [5, 5.41) is 5.12. The average Bonchev–Trinajstić information content (AvgIpc) is 2.74. The molecule has 0 amide bonds. The highest BCUT2D eigenvalue weighted by Gasteiger charge is 2.23. The Kier molecular flexibility index (Phi) is 4.45. The highest BCUT2D eigenvalue weighted by Crippen LogP contribution is 2.32. The van der Waals surface area contributed by atoms with Crippen molar-refractivity contribution in [1.82, 2.24) is 14.8 Å². The van der Waals surface area contributed by atoms with E-state index in [1.807, 2.05) is 27.8 Å². The van der Waals surface area contributed by atoms with Crippen molar-refractivity contribution in [2.45, 2.75) is 40.2 Å². The minimum Gasteiger partial charge on any atom is -0.489 e. The smallest absolute Gasteiger partial charge is 0.343 e. The molecule has 1 atom stereocenters. The largest absolute Gasteiger partial charge is 0.489 e. The summed E-state index contributed by atoms with van der Waals surface area (Å²) >= 11 is 0. The summed E-state index contributed by atoms with van der Waals surface area (Å²) in [5.74, 6) is 0.0897. The Balaban J connectivity index is 2.65. The van der Waals surface area contributed by atoms with Crippen LogP contribution >= 0.6 is 0 Å². The van der Waals surface area contributed by atoms with E-state index in [1.165, 1.54) is 6.20 Å². The summed E-state index contributed by atoms with van der Waals surface area (Å²) in [5.41, 5.74) is 1.82. The fourth-order valence-corrected chi connectivity index (χ4v) is 2.14. The van der Waals surface area contributed by atoms with Gasteiger partial charge in [0.15, 0.2) is 5.65 Å². The molecule has 0 aliphatic carbocycles. The molecule has 0 bridgehead atoms. The number of aryl methyl sites for hydroxylation is 2. The van der Waals surface area contributed by atoms with E-state index in [0.717, 1.165) is 17.5 Å². The van der Waals surface area contributed by atoms with E-state index in [0.29, 0.717) is 23.6 Å². The van der Waals surface area contributed by atoms with E-state index < -0.39 is 5.97 Å². The lowest BCUT2D eigenvalue weighted by Crippen LogP contribution is -2.15. The highest BCUT2D eigenvalue weighted by molar-refractivity contribution is 5.99. The molecule has 0 aliphatic heterocycles. The molecular formula is C15H21N3O3. The molecule has 0 aliphatic rings. The zero-order valence-electron chi connectivity index (χ0n) is 13.1. The quantitative estimate of drug-likeness (QED) is 0.792. The van der Waals surface area contributed by atoms with Gasteiger partial charge in [0.2, 0.25) is 0 Å². The number of esters is 1. The van der Waals surface area contributed by atoms with Crippen LogP contribution in [0.3, 0.4) is 0 Å². The van der Waals surface area contributed by atoms with Crippen LogP contribution in [0.2, 0.25) is 0 Å². The van der Waals surface area contributed by atoms with Gasteiger partial charge in [-0.25, -0.2) is 9.78 Å². The van der Waals surface area contributed by atoms with Gasteiger partial charge >= 0.3 is 5.97 Å². The Labute approximate surface area is 124 Å². The highest BCUT2D eigenvalue weighted by atomic mass is 16.5. The predicted molar refractivity (Wildman–Crippen MR) is 79.6 cm³/mol. The third-order valence-electron chi connectivity index (χ3n) is 3.37. The van der Waals surface area contributed by atoms with Crippen molar-refractivity contribution in [3.05, 3.63) is 17.5 Å². The van der Waals surface area contributed by atoms with Gasteiger partial charge in [-0.3, -0.25) is 4.68 Å². The van der Waals surface area contributed by atoms with E-state index in [9.17, 15) is 4.79 Å². The van der Waals surface area contributed by atoms with E-state index in [-0.39, 0.29) is 6.10 Å². The van der Waals surface area contributed by atoms with Crippen LogP contribution in [0.1, 0.15) is 43.2 Å². The lowest BCUT2D eigenvalue weighted by Gasteiger charge is -2.16. The van der Waals surface area contributed by atoms with Crippen molar-refractivity contribution in [2.24, 2.45) is 7.05 Å². The van der Waals surface area contributed by atoms with E-state index in [2.05, 4.69) is 10.1 Å². The fourth-order valence-electron chi connectivity index (χ4n) is 2.14. The van der Waals surface area contributed by atoms with Crippen molar-refractivity contribution in [3.63, 3.8) is 0 Å². The number of pyridine rings is 1. The van der Waals surface area contributed by atoms with Gasteiger partial charge in [-0.1, -0.05) is 6.92 Å². The minimum atomic E-state index is -0.423. The molecule has 2 heterocycles. The van der Waals surface area contributed by atoms with Crippen molar-refractivity contribution >= 4 is 17.0 Å². The lowest BCUT2D eigenvalue weighted by molar-refractivity contribution is 0.0519. The first-order valence-corrected chi connectivity index (χ1v) is 7.15. The number of carbonyl (C=O) groups excluding carboxylic acids is 1. The summed E-state index contributed by atoms with van der Waals surface area (Å²) in [6.07, 6.45) is 2.33. The van der Waals surface area contributed by atoms with Gasteiger partial charge < -0.3 is 9.47 Å². The van der Waals surface area contributed by atoms with Crippen LogP contribution in [0.15, 0.2) is 6.20 Å². The summed E-state index contributed by atoms with van der Waals surface area (Å²) in [6.45, 7) is 7.96. The van der Waals surface area contributed by atoms with Gasteiger partial charge in [-0.2, -0.15) is 5.10 Å². The zero-order chi connectivity index (χ0) is 15.6. The molecule has 0 saturated heterocycles. The molecule has 114 valence electrons. The first-order chi connectivity index (χ1) is 9.99. The fraction of sp³-hybridized carbons (Fsp3) is 0.533. The Morgan fingerprint density at radius 1 is 1.43 bits per heavy atom. The molecule has 2 aromatic rings. The van der Waals surface area contributed by atoms with Crippen LogP contribution in [-0.4, -0.2) is 33.4 Å². The van der Waals surface area contributed by atoms with Crippen LogP contribution in [0.25, 0.3) is 11.0 Å². The number of nitrogens with zero attached hydrogens (tertiary/aromatic N) is 3. The van der Waals surface area contributed by atoms with Gasteiger partial charge in [0.25, 0.3) is 0 Å². The standard InChI is InChI=1S/C15H21N3O3/c1-6-9(3)21-13-11(15(19)20-7-2)8-16-14-12(13)10(4)17-18(14)5/h8-9H,6-7H2,1-5H3. The van der Waals surface area contributed by atoms with Crippen molar-refractivity contribution in [2.75, 3.05) is 6.61 Å². The maximum atomic E-state index is 12.1. The SMILES string of the molecule is CCOC(=O)c1cnc2c(c(C)nn2C)c1OC(C)CC. The number of aromatic nitrogens is 3. The third-order valence-corrected chi connectivity index (χ3v) is 3.37. The van der Waals surface area contributed by atoms with Gasteiger partial charge in [0.05, 0.1) is 23.8 Å². The zero-order valence-corrected chi connectivity index (χ0v) is 13.1. The topological polar surface area (TPSA) is 66.2 Å². The maximum Gasteiger partial charge on any atom is 0.343 e. The van der Waals surface area contributed by atoms with Crippen molar-refractivity contribution < 1.29 is 14.3 Å². The average molecular weight is 291 g/mol. The number of ether oxygens (including phenoxy) is 2. The minimum absolute atomic E-state index is 0.0108. The number of fused-ring (bicyclic) bond motifs is 1. The van der Waals surface area contributed by atoms with Crippen LogP contribution in [-0.2, 0) is 11.8 Å². The number of hydrogen-bond acceptors (Lipinski definition) is 5. The van der Waals surface area contributed by atoms with Gasteiger partial charge in [-0.15, -0.1) is 0 Å². The molecule has 2 aromatic heterocycles. The predicted octanol–water partition coefficient (Wildman–Crippen LogP) is 2.63. The normalized spacial score (nSPS) is 12.4. The molecule has 0 aromatic carbocycles. The van der Waals surface area contributed by atoms with E-state index >= 15 is 0 Å². The van der Waals surface area contributed by atoms with Crippen molar-refractivity contribution in [1.29, 1.82) is 0 Å². The Morgan fingerprint density at radius 3 is 2.76 bits per heavy atom. The summed E-state index contributed by atoms with van der Waals surface area (Å²) < 4.78 is 12.8. The first kappa shape index (κ1) is 15.3. The lowest BCUT2D eigenvalue weighted by atomic mass is 10.1. The molecule has 1 unspecified atom stereocenters.